The number of carbonyl (C=O) groups is 2. The normalized spacial score (nSPS) is 12.1. The number of rotatable bonds is 8. The standard InChI is InChI=1S/C26H27NO5S/c1-18-10-13-22(14-11-18)33(30,31)16-15-24(28)32-25(21-7-5-4-6-8-21)26(29)27-23-17-19(2)9-12-20(23)3/h4-14,17,25H,15-16H2,1-3H3,(H,27,29). The van der Waals surface area contributed by atoms with Crippen molar-refractivity contribution in [2.45, 2.75) is 38.2 Å². The topological polar surface area (TPSA) is 89.5 Å². The third-order valence-electron chi connectivity index (χ3n) is 5.20. The smallest absolute Gasteiger partial charge is 0.307 e. The van der Waals surface area contributed by atoms with Gasteiger partial charge in [-0.25, -0.2) is 8.42 Å². The maximum absolute atomic E-state index is 13.1. The molecule has 3 aromatic carbocycles. The fourth-order valence-corrected chi connectivity index (χ4v) is 4.46. The lowest BCUT2D eigenvalue weighted by Gasteiger charge is -2.19. The van der Waals surface area contributed by atoms with Gasteiger partial charge in [0, 0.05) is 11.3 Å². The molecular formula is C26H27NO5S. The van der Waals surface area contributed by atoms with Crippen molar-refractivity contribution in [2.75, 3.05) is 11.1 Å². The van der Waals surface area contributed by atoms with Crippen LogP contribution in [0, 0.1) is 20.8 Å². The second-order valence-corrected chi connectivity index (χ2v) is 10.1. The van der Waals surface area contributed by atoms with E-state index in [1.165, 1.54) is 12.1 Å². The highest BCUT2D eigenvalue weighted by Crippen LogP contribution is 2.23. The first-order chi connectivity index (χ1) is 15.7. The summed E-state index contributed by atoms with van der Waals surface area (Å²) in [5, 5.41) is 2.82. The van der Waals surface area contributed by atoms with Gasteiger partial charge in [-0.15, -0.1) is 0 Å². The van der Waals surface area contributed by atoms with Gasteiger partial charge in [-0.2, -0.15) is 0 Å². The van der Waals surface area contributed by atoms with E-state index in [9.17, 15) is 18.0 Å². The number of hydrogen-bond donors (Lipinski definition) is 1. The molecule has 0 fully saturated rings. The van der Waals surface area contributed by atoms with Gasteiger partial charge in [0.1, 0.15) is 0 Å². The number of hydrogen-bond acceptors (Lipinski definition) is 5. The van der Waals surface area contributed by atoms with E-state index in [1.54, 1.807) is 42.5 Å². The Morgan fingerprint density at radius 2 is 1.52 bits per heavy atom. The van der Waals surface area contributed by atoms with E-state index in [4.69, 9.17) is 4.74 Å². The second kappa shape index (κ2) is 10.4. The summed E-state index contributed by atoms with van der Waals surface area (Å²) in [5.74, 6) is -1.69. The molecule has 0 aromatic heterocycles. The molecule has 0 heterocycles. The molecule has 172 valence electrons. The van der Waals surface area contributed by atoms with Crippen molar-refractivity contribution >= 4 is 27.4 Å². The number of carbonyl (C=O) groups excluding carboxylic acids is 2. The van der Waals surface area contributed by atoms with Crippen LogP contribution < -0.4 is 5.32 Å². The first-order valence-corrected chi connectivity index (χ1v) is 12.2. The molecule has 0 saturated heterocycles. The molecule has 0 aliphatic carbocycles. The summed E-state index contributed by atoms with van der Waals surface area (Å²) in [5.41, 5.74) is 3.91. The van der Waals surface area contributed by atoms with Gasteiger partial charge in [0.2, 0.25) is 6.10 Å². The van der Waals surface area contributed by atoms with Crippen molar-refractivity contribution in [3.63, 3.8) is 0 Å². The Kier molecular flexibility index (Phi) is 7.66. The minimum Gasteiger partial charge on any atom is -0.447 e. The molecule has 1 N–H and O–H groups in total. The average Bonchev–Trinajstić information content (AvgIpc) is 2.79. The molecule has 33 heavy (non-hydrogen) atoms. The number of amides is 1. The fourth-order valence-electron chi connectivity index (χ4n) is 3.24. The van der Waals surface area contributed by atoms with Crippen LogP contribution in [0.4, 0.5) is 5.69 Å². The third kappa shape index (κ3) is 6.52. The van der Waals surface area contributed by atoms with Crippen LogP contribution in [0.25, 0.3) is 0 Å². The van der Waals surface area contributed by atoms with Gasteiger partial charge in [0.25, 0.3) is 5.91 Å². The van der Waals surface area contributed by atoms with Gasteiger partial charge in [0.15, 0.2) is 9.84 Å². The fraction of sp³-hybridized carbons (Fsp3) is 0.231. The van der Waals surface area contributed by atoms with Gasteiger partial charge in [-0.1, -0.05) is 60.2 Å². The molecule has 7 heteroatoms. The zero-order valence-electron chi connectivity index (χ0n) is 18.9. The summed E-state index contributed by atoms with van der Waals surface area (Å²) in [4.78, 5) is 25.8. The van der Waals surface area contributed by atoms with Crippen molar-refractivity contribution in [3.05, 3.63) is 95.1 Å². The minimum absolute atomic E-state index is 0.146. The molecule has 1 atom stereocenters. The van der Waals surface area contributed by atoms with Crippen LogP contribution in [0.1, 0.15) is 34.8 Å². The Bertz CT molecular complexity index is 1240. The molecule has 1 amide bonds. The van der Waals surface area contributed by atoms with Crippen LogP contribution in [0.15, 0.2) is 77.7 Å². The number of nitrogens with one attached hydrogen (secondary N) is 1. The Balaban J connectivity index is 1.73. The Labute approximate surface area is 194 Å². The molecule has 1 unspecified atom stereocenters. The Morgan fingerprint density at radius 1 is 0.879 bits per heavy atom. The first kappa shape index (κ1) is 24.2. The van der Waals surface area contributed by atoms with Gasteiger partial charge < -0.3 is 10.1 Å². The van der Waals surface area contributed by atoms with E-state index in [-0.39, 0.29) is 11.3 Å². The molecule has 6 nitrogen and oxygen atoms in total. The summed E-state index contributed by atoms with van der Waals surface area (Å²) in [6, 6.07) is 20.7. The Morgan fingerprint density at radius 3 is 2.18 bits per heavy atom. The molecule has 3 aromatic rings. The van der Waals surface area contributed by atoms with E-state index in [0.717, 1.165) is 16.7 Å². The lowest BCUT2D eigenvalue weighted by atomic mass is 10.1. The quantitative estimate of drug-likeness (QED) is 0.487. The average molecular weight is 466 g/mol. The van der Waals surface area contributed by atoms with Crippen LogP contribution in [0.3, 0.4) is 0 Å². The molecule has 0 radical (unpaired) electrons. The monoisotopic (exact) mass is 465 g/mol. The lowest BCUT2D eigenvalue weighted by molar-refractivity contribution is -0.154. The second-order valence-electron chi connectivity index (χ2n) is 7.97. The summed E-state index contributed by atoms with van der Waals surface area (Å²) in [6.07, 6.45) is -1.57. The van der Waals surface area contributed by atoms with Crippen molar-refractivity contribution < 1.29 is 22.7 Å². The number of esters is 1. The van der Waals surface area contributed by atoms with Crippen molar-refractivity contribution in [2.24, 2.45) is 0 Å². The molecule has 0 spiro atoms. The zero-order valence-corrected chi connectivity index (χ0v) is 19.7. The van der Waals surface area contributed by atoms with Crippen LogP contribution in [0.2, 0.25) is 0 Å². The molecule has 0 saturated carbocycles. The predicted molar refractivity (Wildman–Crippen MR) is 128 cm³/mol. The van der Waals surface area contributed by atoms with Crippen LogP contribution in [0.5, 0.6) is 0 Å². The number of anilines is 1. The number of benzene rings is 3. The summed E-state index contributed by atoms with van der Waals surface area (Å²) >= 11 is 0. The highest BCUT2D eigenvalue weighted by atomic mass is 32.2. The highest BCUT2D eigenvalue weighted by Gasteiger charge is 2.26. The maximum Gasteiger partial charge on any atom is 0.307 e. The lowest BCUT2D eigenvalue weighted by Crippen LogP contribution is -2.27. The van der Waals surface area contributed by atoms with E-state index >= 15 is 0 Å². The first-order valence-electron chi connectivity index (χ1n) is 10.6. The SMILES string of the molecule is Cc1ccc(S(=O)(=O)CCC(=O)OC(C(=O)Nc2cc(C)ccc2C)c2ccccc2)cc1. The van der Waals surface area contributed by atoms with E-state index < -0.39 is 33.6 Å². The molecular weight excluding hydrogens is 438 g/mol. The molecule has 0 aliphatic rings. The Hall–Kier alpha value is -3.45. The highest BCUT2D eigenvalue weighted by molar-refractivity contribution is 7.91. The summed E-state index contributed by atoms with van der Waals surface area (Å²) in [7, 11) is -3.65. The van der Waals surface area contributed by atoms with Gasteiger partial charge in [0.05, 0.1) is 17.1 Å². The maximum atomic E-state index is 13.1. The van der Waals surface area contributed by atoms with Crippen molar-refractivity contribution in [1.29, 1.82) is 0 Å². The summed E-state index contributed by atoms with van der Waals surface area (Å²) < 4.78 is 30.6. The zero-order chi connectivity index (χ0) is 24.0. The summed E-state index contributed by atoms with van der Waals surface area (Å²) in [6.45, 7) is 5.65. The van der Waals surface area contributed by atoms with Crippen molar-refractivity contribution in [3.8, 4) is 0 Å². The molecule has 0 bridgehead atoms. The number of ether oxygens (including phenoxy) is 1. The largest absolute Gasteiger partial charge is 0.447 e. The van der Waals surface area contributed by atoms with E-state index in [2.05, 4.69) is 5.32 Å². The predicted octanol–water partition coefficient (Wildman–Crippen LogP) is 4.70. The van der Waals surface area contributed by atoms with Gasteiger partial charge in [-0.05, 0) is 50.1 Å². The van der Waals surface area contributed by atoms with E-state index in [0.29, 0.717) is 11.3 Å². The third-order valence-corrected chi connectivity index (χ3v) is 6.93. The van der Waals surface area contributed by atoms with Gasteiger partial charge in [-0.3, -0.25) is 9.59 Å². The van der Waals surface area contributed by atoms with Crippen molar-refractivity contribution in [1.82, 2.24) is 0 Å². The van der Waals surface area contributed by atoms with Crippen LogP contribution in [-0.2, 0) is 24.2 Å². The van der Waals surface area contributed by atoms with Crippen LogP contribution in [-0.4, -0.2) is 26.0 Å². The molecule has 3 rings (SSSR count). The van der Waals surface area contributed by atoms with Crippen LogP contribution >= 0.6 is 0 Å². The minimum atomic E-state index is -3.65. The molecule has 0 aliphatic heterocycles. The number of aryl methyl sites for hydroxylation is 3. The van der Waals surface area contributed by atoms with E-state index in [1.807, 2.05) is 39.0 Å². The number of sulfone groups is 1. The van der Waals surface area contributed by atoms with Gasteiger partial charge >= 0.3 is 5.97 Å².